The van der Waals surface area contributed by atoms with Gasteiger partial charge in [-0.2, -0.15) is 0 Å². The molecule has 108 valence electrons. The lowest BCUT2D eigenvalue weighted by molar-refractivity contribution is 0.305. The summed E-state index contributed by atoms with van der Waals surface area (Å²) >= 11 is 0. The summed E-state index contributed by atoms with van der Waals surface area (Å²) < 4.78 is 16.5. The predicted molar refractivity (Wildman–Crippen MR) is 83.3 cm³/mol. The number of fused-ring (bicyclic) bond motifs is 1. The first-order valence-corrected chi connectivity index (χ1v) is 6.93. The van der Waals surface area contributed by atoms with Gasteiger partial charge in [0, 0.05) is 17.5 Å². The molecule has 1 atom stereocenters. The van der Waals surface area contributed by atoms with E-state index in [4.69, 9.17) is 14.2 Å². The van der Waals surface area contributed by atoms with Crippen molar-refractivity contribution in [2.75, 3.05) is 20.8 Å². The predicted octanol–water partition coefficient (Wildman–Crippen LogP) is 3.89. The maximum Gasteiger partial charge on any atom is 0.130 e. The van der Waals surface area contributed by atoms with Crippen molar-refractivity contribution in [1.82, 2.24) is 0 Å². The second kappa shape index (κ2) is 5.92. The van der Waals surface area contributed by atoms with Gasteiger partial charge in [0.1, 0.15) is 17.2 Å². The number of ether oxygens (including phenoxy) is 3. The Hall–Kier alpha value is -2.42. The molecule has 0 spiro atoms. The number of hydrogen-bond acceptors (Lipinski definition) is 3. The van der Waals surface area contributed by atoms with Gasteiger partial charge in [0.15, 0.2) is 0 Å². The monoisotopic (exact) mass is 282 g/mol. The number of hydrogen-bond donors (Lipinski definition) is 0. The van der Waals surface area contributed by atoms with Crippen LogP contribution in [0, 0.1) is 0 Å². The third-order valence-electron chi connectivity index (χ3n) is 3.67. The van der Waals surface area contributed by atoms with Crippen LogP contribution in [0.2, 0.25) is 0 Å². The summed E-state index contributed by atoms with van der Waals surface area (Å²) in [6.45, 7) is 0.601. The van der Waals surface area contributed by atoms with Gasteiger partial charge < -0.3 is 14.2 Å². The molecule has 0 amide bonds. The summed E-state index contributed by atoms with van der Waals surface area (Å²) in [4.78, 5) is 0. The molecule has 0 saturated heterocycles. The van der Waals surface area contributed by atoms with Gasteiger partial charge in [0.05, 0.1) is 20.8 Å². The Bertz CT molecular complexity index is 661. The fraction of sp³-hybridized carbons (Fsp3) is 0.222. The molecule has 0 saturated carbocycles. The van der Waals surface area contributed by atoms with Crippen molar-refractivity contribution in [3.63, 3.8) is 0 Å². The molecular weight excluding hydrogens is 264 g/mol. The van der Waals surface area contributed by atoms with Crippen molar-refractivity contribution in [2.45, 2.75) is 5.92 Å². The third kappa shape index (κ3) is 2.87. The molecule has 2 aromatic carbocycles. The lowest BCUT2D eigenvalue weighted by atomic mass is 9.99. The minimum absolute atomic E-state index is 0.207. The summed E-state index contributed by atoms with van der Waals surface area (Å²) in [6, 6.07) is 14.0. The zero-order valence-electron chi connectivity index (χ0n) is 12.2. The van der Waals surface area contributed by atoms with E-state index in [0.717, 1.165) is 22.8 Å². The van der Waals surface area contributed by atoms with Crippen LogP contribution in [-0.4, -0.2) is 20.8 Å². The molecule has 3 nitrogen and oxygen atoms in total. The van der Waals surface area contributed by atoms with Crippen LogP contribution in [0.15, 0.2) is 48.5 Å². The van der Waals surface area contributed by atoms with E-state index in [1.165, 1.54) is 5.56 Å². The Balaban J connectivity index is 1.86. The van der Waals surface area contributed by atoms with Crippen LogP contribution in [0.4, 0.5) is 0 Å². The van der Waals surface area contributed by atoms with Crippen molar-refractivity contribution >= 4 is 6.08 Å². The van der Waals surface area contributed by atoms with E-state index in [1.54, 1.807) is 14.2 Å². The normalized spacial score (nSPS) is 16.6. The fourth-order valence-electron chi connectivity index (χ4n) is 2.44. The van der Waals surface area contributed by atoms with Crippen molar-refractivity contribution in [2.24, 2.45) is 0 Å². The van der Waals surface area contributed by atoms with Gasteiger partial charge in [0.25, 0.3) is 0 Å². The largest absolute Gasteiger partial charge is 0.497 e. The highest BCUT2D eigenvalue weighted by atomic mass is 16.5. The van der Waals surface area contributed by atoms with Gasteiger partial charge in [-0.05, 0) is 29.8 Å². The Morgan fingerprint density at radius 2 is 1.81 bits per heavy atom. The minimum atomic E-state index is 0.207. The molecule has 0 radical (unpaired) electrons. The molecule has 1 heterocycles. The Labute approximate surface area is 124 Å². The summed E-state index contributed by atoms with van der Waals surface area (Å²) in [6.07, 6.45) is 4.28. The molecule has 1 unspecified atom stereocenters. The molecule has 3 rings (SSSR count). The highest BCUT2D eigenvalue weighted by Gasteiger charge is 2.15. The number of methoxy groups -OCH3 is 2. The van der Waals surface area contributed by atoms with Crippen LogP contribution in [0.1, 0.15) is 17.0 Å². The van der Waals surface area contributed by atoms with Crippen LogP contribution < -0.4 is 14.2 Å². The van der Waals surface area contributed by atoms with E-state index in [-0.39, 0.29) is 5.92 Å². The first kappa shape index (κ1) is 13.6. The van der Waals surface area contributed by atoms with E-state index >= 15 is 0 Å². The van der Waals surface area contributed by atoms with E-state index in [9.17, 15) is 0 Å². The summed E-state index contributed by atoms with van der Waals surface area (Å²) in [5.41, 5.74) is 2.26. The van der Waals surface area contributed by atoms with Gasteiger partial charge >= 0.3 is 0 Å². The Morgan fingerprint density at radius 1 is 1.00 bits per heavy atom. The van der Waals surface area contributed by atoms with Crippen LogP contribution in [-0.2, 0) is 0 Å². The van der Waals surface area contributed by atoms with Crippen LogP contribution in [0.3, 0.4) is 0 Å². The highest BCUT2D eigenvalue weighted by Crippen LogP contribution is 2.32. The van der Waals surface area contributed by atoms with Gasteiger partial charge in [-0.15, -0.1) is 0 Å². The highest BCUT2D eigenvalue weighted by molar-refractivity contribution is 5.61. The van der Waals surface area contributed by atoms with Gasteiger partial charge in [0.2, 0.25) is 0 Å². The zero-order chi connectivity index (χ0) is 14.7. The lowest BCUT2D eigenvalue weighted by Gasteiger charge is -2.14. The molecule has 0 fully saturated rings. The van der Waals surface area contributed by atoms with Crippen molar-refractivity contribution < 1.29 is 14.2 Å². The molecule has 2 aromatic rings. The molecule has 1 aliphatic rings. The zero-order valence-corrected chi connectivity index (χ0v) is 12.2. The number of benzene rings is 2. The Morgan fingerprint density at radius 3 is 2.62 bits per heavy atom. The SMILES string of the molecule is COc1cccc(C2C=Cc3ccc(OC)cc3OC2)c1. The van der Waals surface area contributed by atoms with Crippen LogP contribution in [0.5, 0.6) is 17.2 Å². The van der Waals surface area contributed by atoms with Gasteiger partial charge in [-0.1, -0.05) is 24.3 Å². The maximum atomic E-state index is 5.95. The van der Waals surface area contributed by atoms with Crippen LogP contribution >= 0.6 is 0 Å². The molecular formula is C18H18O3. The van der Waals surface area contributed by atoms with E-state index < -0.39 is 0 Å². The van der Waals surface area contributed by atoms with E-state index in [1.807, 2.05) is 30.3 Å². The molecule has 0 N–H and O–H groups in total. The van der Waals surface area contributed by atoms with Crippen LogP contribution in [0.25, 0.3) is 6.08 Å². The fourth-order valence-corrected chi connectivity index (χ4v) is 2.44. The third-order valence-corrected chi connectivity index (χ3v) is 3.67. The van der Waals surface area contributed by atoms with Gasteiger partial charge in [-0.3, -0.25) is 0 Å². The lowest BCUT2D eigenvalue weighted by Crippen LogP contribution is -2.07. The van der Waals surface area contributed by atoms with E-state index in [2.05, 4.69) is 24.3 Å². The summed E-state index contributed by atoms with van der Waals surface area (Å²) in [5.74, 6) is 2.74. The maximum absolute atomic E-state index is 5.95. The Kier molecular flexibility index (Phi) is 3.82. The van der Waals surface area contributed by atoms with Crippen molar-refractivity contribution in [3.8, 4) is 17.2 Å². The molecule has 0 aromatic heterocycles. The van der Waals surface area contributed by atoms with Gasteiger partial charge in [-0.25, -0.2) is 0 Å². The smallest absolute Gasteiger partial charge is 0.130 e. The molecule has 0 bridgehead atoms. The molecule has 1 aliphatic heterocycles. The van der Waals surface area contributed by atoms with E-state index in [0.29, 0.717) is 6.61 Å². The second-order valence-electron chi connectivity index (χ2n) is 4.96. The van der Waals surface area contributed by atoms with Crippen molar-refractivity contribution in [1.29, 1.82) is 0 Å². The average molecular weight is 282 g/mol. The summed E-state index contributed by atoms with van der Waals surface area (Å²) in [7, 11) is 3.34. The molecule has 0 aliphatic carbocycles. The first-order valence-electron chi connectivity index (χ1n) is 6.93. The summed E-state index contributed by atoms with van der Waals surface area (Å²) in [5, 5.41) is 0. The topological polar surface area (TPSA) is 27.7 Å². The minimum Gasteiger partial charge on any atom is -0.497 e. The first-order chi connectivity index (χ1) is 10.3. The standard InChI is InChI=1S/C18H18O3/c1-19-16-5-3-4-14(10-16)15-7-6-13-8-9-17(20-2)11-18(13)21-12-15/h3-11,15H,12H2,1-2H3. The molecule has 21 heavy (non-hydrogen) atoms. The van der Waals surface area contributed by atoms with Crippen molar-refractivity contribution in [3.05, 3.63) is 59.7 Å². The number of rotatable bonds is 3. The second-order valence-corrected chi connectivity index (χ2v) is 4.96. The average Bonchev–Trinajstić information content (AvgIpc) is 2.76. The quantitative estimate of drug-likeness (QED) is 0.854. The molecule has 3 heteroatoms.